The molecular formula is C26H41NO3. The molecule has 0 aliphatic carbocycles. The Morgan fingerprint density at radius 3 is 2.33 bits per heavy atom. The molecule has 2 atom stereocenters. The maximum Gasteiger partial charge on any atom is 0.408 e. The molecule has 168 valence electrons. The number of amides is 1. The summed E-state index contributed by atoms with van der Waals surface area (Å²) in [4.78, 5) is 12.8. The minimum Gasteiger partial charge on any atom is -0.444 e. The van der Waals surface area contributed by atoms with Crippen LogP contribution in [0.4, 0.5) is 4.79 Å². The van der Waals surface area contributed by atoms with Crippen LogP contribution in [0.5, 0.6) is 0 Å². The Hall–Kier alpha value is -1.99. The third kappa shape index (κ3) is 9.67. The molecule has 1 rings (SSSR count). The lowest BCUT2D eigenvalue weighted by Crippen LogP contribution is -2.55. The molecule has 1 aromatic carbocycles. The minimum atomic E-state index is -0.824. The van der Waals surface area contributed by atoms with Gasteiger partial charge in [0.05, 0.1) is 0 Å². The first-order valence-electron chi connectivity index (χ1n) is 11.4. The highest BCUT2D eigenvalue weighted by atomic mass is 16.6. The zero-order chi connectivity index (χ0) is 22.5. The van der Waals surface area contributed by atoms with E-state index < -0.39 is 17.2 Å². The molecular weight excluding hydrogens is 374 g/mol. The van der Waals surface area contributed by atoms with Gasteiger partial charge in [0.15, 0.2) is 0 Å². The molecule has 0 heterocycles. The first kappa shape index (κ1) is 26.0. The Balaban J connectivity index is 3.27. The van der Waals surface area contributed by atoms with E-state index in [0.29, 0.717) is 12.8 Å². The van der Waals surface area contributed by atoms with E-state index in [1.54, 1.807) is 0 Å². The molecule has 1 aromatic rings. The van der Waals surface area contributed by atoms with Gasteiger partial charge in [-0.2, -0.15) is 0 Å². The van der Waals surface area contributed by atoms with E-state index in [-0.39, 0.29) is 12.5 Å². The molecule has 0 aliphatic rings. The SMILES string of the molecule is CCCCC#C[C@](CCCCC)(NC(=O)OC(C)(C)C)[C@H](CO)Cc1ccccc1. The fourth-order valence-corrected chi connectivity index (χ4v) is 3.48. The third-order valence-electron chi connectivity index (χ3n) is 5.11. The molecule has 2 N–H and O–H groups in total. The van der Waals surface area contributed by atoms with Gasteiger partial charge < -0.3 is 15.2 Å². The summed E-state index contributed by atoms with van der Waals surface area (Å²) < 4.78 is 5.57. The summed E-state index contributed by atoms with van der Waals surface area (Å²) in [6.07, 6.45) is 6.80. The zero-order valence-corrected chi connectivity index (χ0v) is 19.6. The lowest BCUT2D eigenvalue weighted by Gasteiger charge is -2.37. The number of carbonyl (C=O) groups is 1. The molecule has 0 radical (unpaired) electrons. The van der Waals surface area contributed by atoms with E-state index >= 15 is 0 Å². The molecule has 1 amide bonds. The van der Waals surface area contributed by atoms with Gasteiger partial charge in [0.2, 0.25) is 0 Å². The van der Waals surface area contributed by atoms with E-state index in [0.717, 1.165) is 44.1 Å². The monoisotopic (exact) mass is 415 g/mol. The van der Waals surface area contributed by atoms with Crippen molar-refractivity contribution in [2.24, 2.45) is 5.92 Å². The van der Waals surface area contributed by atoms with Gasteiger partial charge in [-0.1, -0.05) is 75.8 Å². The predicted octanol–water partition coefficient (Wildman–Crippen LogP) is 5.88. The molecule has 4 heteroatoms. The van der Waals surface area contributed by atoms with Crippen LogP contribution in [0.3, 0.4) is 0 Å². The number of benzene rings is 1. The number of hydrogen-bond acceptors (Lipinski definition) is 3. The number of ether oxygens (including phenoxy) is 1. The number of nitrogens with one attached hydrogen (secondary N) is 1. The topological polar surface area (TPSA) is 58.6 Å². The van der Waals surface area contributed by atoms with Crippen molar-refractivity contribution in [3.05, 3.63) is 35.9 Å². The summed E-state index contributed by atoms with van der Waals surface area (Å²) in [5.41, 5.74) is -0.295. The van der Waals surface area contributed by atoms with Gasteiger partial charge in [-0.25, -0.2) is 4.79 Å². The van der Waals surface area contributed by atoms with Crippen LogP contribution in [-0.4, -0.2) is 28.9 Å². The number of aliphatic hydroxyl groups is 1. The van der Waals surface area contributed by atoms with Gasteiger partial charge >= 0.3 is 6.09 Å². The second-order valence-corrected chi connectivity index (χ2v) is 9.03. The molecule has 0 spiro atoms. The molecule has 0 saturated carbocycles. The summed E-state index contributed by atoms with van der Waals surface area (Å²) in [6.45, 7) is 9.80. The predicted molar refractivity (Wildman–Crippen MR) is 124 cm³/mol. The molecule has 30 heavy (non-hydrogen) atoms. The average Bonchev–Trinajstić information content (AvgIpc) is 2.68. The summed E-state index contributed by atoms with van der Waals surface area (Å²) >= 11 is 0. The van der Waals surface area contributed by atoms with Gasteiger partial charge in [0.25, 0.3) is 0 Å². The Morgan fingerprint density at radius 1 is 1.10 bits per heavy atom. The Bertz CT molecular complexity index is 669. The third-order valence-corrected chi connectivity index (χ3v) is 5.11. The van der Waals surface area contributed by atoms with Crippen molar-refractivity contribution in [1.82, 2.24) is 5.32 Å². The smallest absolute Gasteiger partial charge is 0.408 e. The van der Waals surface area contributed by atoms with E-state index in [1.807, 2.05) is 39.0 Å². The number of aliphatic hydroxyl groups excluding tert-OH is 1. The van der Waals surface area contributed by atoms with Gasteiger partial charge in [-0.15, -0.1) is 5.92 Å². The zero-order valence-electron chi connectivity index (χ0n) is 19.6. The van der Waals surface area contributed by atoms with E-state index in [2.05, 4.69) is 43.1 Å². The maximum atomic E-state index is 12.8. The Morgan fingerprint density at radius 2 is 1.77 bits per heavy atom. The molecule has 0 saturated heterocycles. The normalized spacial score (nSPS) is 14.2. The Labute approximate surface area is 183 Å². The molecule has 0 bridgehead atoms. The number of rotatable bonds is 11. The fraction of sp³-hybridized carbons (Fsp3) is 0.654. The summed E-state index contributed by atoms with van der Waals surface area (Å²) in [7, 11) is 0. The Kier molecular flexibility index (Phi) is 11.6. The largest absolute Gasteiger partial charge is 0.444 e. The summed E-state index contributed by atoms with van der Waals surface area (Å²) in [6, 6.07) is 10.1. The molecule has 0 aliphatic heterocycles. The molecule has 0 unspecified atom stereocenters. The molecule has 0 aromatic heterocycles. The highest BCUT2D eigenvalue weighted by Gasteiger charge is 2.39. The fourth-order valence-electron chi connectivity index (χ4n) is 3.48. The standard InChI is InChI=1S/C26H41NO3/c1-6-8-10-15-19-26(18-14-9-7-2,27-24(29)30-25(3,4)5)23(21-28)20-22-16-12-11-13-17-22/h11-13,16-17,23,28H,6-10,14,18,20-21H2,1-5H3,(H,27,29)/t23-,26-/m0/s1. The van der Waals surface area contributed by atoms with Crippen molar-refractivity contribution >= 4 is 6.09 Å². The van der Waals surface area contributed by atoms with E-state index in [1.165, 1.54) is 0 Å². The highest BCUT2D eigenvalue weighted by molar-refractivity contribution is 5.69. The number of unbranched alkanes of at least 4 members (excludes halogenated alkanes) is 4. The number of carbonyl (C=O) groups excluding carboxylic acids is 1. The number of hydrogen-bond donors (Lipinski definition) is 2. The number of alkyl carbamates (subject to hydrolysis) is 1. The lowest BCUT2D eigenvalue weighted by molar-refractivity contribution is 0.0412. The lowest BCUT2D eigenvalue weighted by atomic mass is 9.77. The first-order chi connectivity index (χ1) is 14.3. The summed E-state index contributed by atoms with van der Waals surface area (Å²) in [5.74, 6) is 6.46. The maximum absolute atomic E-state index is 12.8. The summed E-state index contributed by atoms with van der Waals surface area (Å²) in [5, 5.41) is 13.5. The molecule has 4 nitrogen and oxygen atoms in total. The quantitative estimate of drug-likeness (QED) is 0.351. The van der Waals surface area contributed by atoms with Crippen molar-refractivity contribution in [3.63, 3.8) is 0 Å². The van der Waals surface area contributed by atoms with Crippen LogP contribution < -0.4 is 5.32 Å². The van der Waals surface area contributed by atoms with Crippen LogP contribution in [0.2, 0.25) is 0 Å². The van der Waals surface area contributed by atoms with Crippen LogP contribution in [0.15, 0.2) is 30.3 Å². The second kappa shape index (κ2) is 13.3. The van der Waals surface area contributed by atoms with Crippen molar-refractivity contribution in [3.8, 4) is 11.8 Å². The molecule has 0 fully saturated rings. The van der Waals surface area contributed by atoms with Gasteiger partial charge in [-0.3, -0.25) is 0 Å². The second-order valence-electron chi connectivity index (χ2n) is 9.03. The van der Waals surface area contributed by atoms with Crippen molar-refractivity contribution in [2.75, 3.05) is 6.61 Å². The average molecular weight is 416 g/mol. The van der Waals surface area contributed by atoms with E-state index in [4.69, 9.17) is 4.74 Å². The van der Waals surface area contributed by atoms with Crippen LogP contribution >= 0.6 is 0 Å². The van der Waals surface area contributed by atoms with Crippen molar-refractivity contribution in [1.29, 1.82) is 0 Å². The van der Waals surface area contributed by atoms with E-state index in [9.17, 15) is 9.90 Å². The van der Waals surface area contributed by atoms with Crippen LogP contribution in [0, 0.1) is 17.8 Å². The highest BCUT2D eigenvalue weighted by Crippen LogP contribution is 2.28. The van der Waals surface area contributed by atoms with Gasteiger partial charge in [0, 0.05) is 18.9 Å². The van der Waals surface area contributed by atoms with Gasteiger partial charge in [-0.05, 0) is 45.6 Å². The van der Waals surface area contributed by atoms with Crippen LogP contribution in [-0.2, 0) is 11.2 Å². The van der Waals surface area contributed by atoms with Gasteiger partial charge in [0.1, 0.15) is 11.1 Å². The van der Waals surface area contributed by atoms with Crippen LogP contribution in [0.1, 0.15) is 85.1 Å². The van der Waals surface area contributed by atoms with Crippen LogP contribution in [0.25, 0.3) is 0 Å². The van der Waals surface area contributed by atoms with Crippen molar-refractivity contribution in [2.45, 2.75) is 97.1 Å². The minimum absolute atomic E-state index is 0.0563. The first-order valence-corrected chi connectivity index (χ1v) is 11.4. The van der Waals surface area contributed by atoms with Crippen molar-refractivity contribution < 1.29 is 14.6 Å².